The second kappa shape index (κ2) is 8.49. The van der Waals surface area contributed by atoms with Crippen LogP contribution in [0.3, 0.4) is 0 Å². The Morgan fingerprint density at radius 3 is 2.37 bits per heavy atom. The lowest BCUT2D eigenvalue weighted by molar-refractivity contribution is -0.139. The third-order valence-corrected chi connectivity index (χ3v) is 4.85. The third kappa shape index (κ3) is 4.25. The van der Waals surface area contributed by atoms with Crippen molar-refractivity contribution in [3.8, 4) is 16.9 Å². The van der Waals surface area contributed by atoms with Gasteiger partial charge < -0.3 is 14.7 Å². The summed E-state index contributed by atoms with van der Waals surface area (Å²) in [6.45, 7) is 2.58. The molecule has 30 heavy (non-hydrogen) atoms. The first-order valence-corrected chi connectivity index (χ1v) is 9.12. The molecule has 0 spiro atoms. The molecule has 0 aliphatic heterocycles. The number of carbonyl (C=O) groups is 1. The van der Waals surface area contributed by atoms with Gasteiger partial charge >= 0.3 is 5.97 Å². The van der Waals surface area contributed by atoms with Gasteiger partial charge in [-0.15, -0.1) is 0 Å². The maximum absolute atomic E-state index is 14.7. The highest BCUT2D eigenvalue weighted by atomic mass is 19.1. The van der Waals surface area contributed by atoms with Crippen molar-refractivity contribution in [2.24, 2.45) is 0 Å². The van der Waals surface area contributed by atoms with Gasteiger partial charge in [-0.25, -0.2) is 18.0 Å². The van der Waals surface area contributed by atoms with Crippen LogP contribution in [-0.2, 0) is 4.79 Å². The van der Waals surface area contributed by atoms with Gasteiger partial charge in [0, 0.05) is 23.9 Å². The topological polar surface area (TPSA) is 49.8 Å². The lowest BCUT2D eigenvalue weighted by Gasteiger charge is -2.26. The average molecular weight is 415 g/mol. The Balaban J connectivity index is 2.10. The first-order valence-electron chi connectivity index (χ1n) is 9.12. The van der Waals surface area contributed by atoms with Gasteiger partial charge in [0.15, 0.2) is 6.61 Å². The van der Waals surface area contributed by atoms with Gasteiger partial charge in [-0.2, -0.15) is 0 Å². The van der Waals surface area contributed by atoms with E-state index in [0.717, 1.165) is 6.07 Å². The van der Waals surface area contributed by atoms with Crippen LogP contribution in [0.4, 0.5) is 24.5 Å². The quantitative estimate of drug-likeness (QED) is 0.568. The van der Waals surface area contributed by atoms with Gasteiger partial charge in [0.2, 0.25) is 0 Å². The fourth-order valence-electron chi connectivity index (χ4n) is 3.32. The first-order chi connectivity index (χ1) is 14.2. The highest BCUT2D eigenvalue weighted by Crippen LogP contribution is 2.38. The van der Waals surface area contributed by atoms with E-state index < -0.39 is 30.0 Å². The zero-order valence-electron chi connectivity index (χ0n) is 16.7. The summed E-state index contributed by atoms with van der Waals surface area (Å²) in [7, 11) is 1.57. The minimum atomic E-state index is -1.16. The number of carboxylic acid groups (broad SMARTS) is 1. The summed E-state index contributed by atoms with van der Waals surface area (Å²) < 4.78 is 48.3. The molecule has 1 N–H and O–H groups in total. The monoisotopic (exact) mass is 415 g/mol. The van der Waals surface area contributed by atoms with E-state index in [1.807, 2.05) is 0 Å². The Bertz CT molecular complexity index is 1120. The molecule has 0 heterocycles. The van der Waals surface area contributed by atoms with Crippen LogP contribution >= 0.6 is 0 Å². The van der Waals surface area contributed by atoms with Crippen LogP contribution in [0.1, 0.15) is 11.1 Å². The second-order valence-electron chi connectivity index (χ2n) is 6.87. The van der Waals surface area contributed by atoms with Crippen LogP contribution < -0.4 is 9.64 Å². The van der Waals surface area contributed by atoms with Crippen molar-refractivity contribution in [3.05, 3.63) is 77.1 Å². The molecule has 0 bridgehead atoms. The number of rotatable bonds is 6. The predicted molar refractivity (Wildman–Crippen MR) is 109 cm³/mol. The third-order valence-electron chi connectivity index (χ3n) is 4.85. The van der Waals surface area contributed by atoms with Crippen LogP contribution in [0, 0.1) is 31.3 Å². The first kappa shape index (κ1) is 21.2. The molecule has 0 aliphatic rings. The van der Waals surface area contributed by atoms with Crippen LogP contribution in [0.2, 0.25) is 0 Å². The minimum absolute atomic E-state index is 0.122. The Morgan fingerprint density at radius 1 is 0.967 bits per heavy atom. The molecule has 0 fully saturated rings. The summed E-state index contributed by atoms with van der Waals surface area (Å²) in [5, 5.41) is 8.82. The van der Waals surface area contributed by atoms with E-state index in [0.29, 0.717) is 22.4 Å². The Hall–Kier alpha value is -3.48. The highest BCUT2D eigenvalue weighted by molar-refractivity contribution is 5.77. The highest BCUT2D eigenvalue weighted by Gasteiger charge is 2.20. The molecule has 0 aromatic heterocycles. The molecule has 3 aromatic rings. The molecule has 0 unspecified atom stereocenters. The Kier molecular flexibility index (Phi) is 6.01. The maximum atomic E-state index is 14.7. The van der Waals surface area contributed by atoms with Crippen LogP contribution in [0.25, 0.3) is 11.1 Å². The van der Waals surface area contributed by atoms with Gasteiger partial charge in [-0.3, -0.25) is 0 Å². The molecule has 0 saturated carbocycles. The molecule has 3 rings (SSSR count). The number of hydrogen-bond acceptors (Lipinski definition) is 3. The summed E-state index contributed by atoms with van der Waals surface area (Å²) in [6, 6.07) is 11.2. The molecule has 0 atom stereocenters. The normalized spacial score (nSPS) is 10.7. The fraction of sp³-hybridized carbons (Fsp3) is 0.174. The molecular weight excluding hydrogens is 395 g/mol. The molecule has 0 saturated heterocycles. The van der Waals surface area contributed by atoms with Crippen molar-refractivity contribution in [1.29, 1.82) is 0 Å². The number of aliphatic carboxylic acids is 1. The van der Waals surface area contributed by atoms with Crippen molar-refractivity contribution >= 4 is 17.3 Å². The molecule has 3 aromatic carbocycles. The largest absolute Gasteiger partial charge is 0.482 e. The van der Waals surface area contributed by atoms with E-state index in [1.165, 1.54) is 35.2 Å². The van der Waals surface area contributed by atoms with Gasteiger partial charge in [-0.05, 0) is 61.4 Å². The molecular formula is C23H20F3NO3. The molecule has 0 aliphatic carbocycles. The van der Waals surface area contributed by atoms with Crippen LogP contribution in [0.5, 0.6) is 5.75 Å². The lowest BCUT2D eigenvalue weighted by atomic mass is 10.0. The number of halogens is 3. The van der Waals surface area contributed by atoms with Gasteiger partial charge in [0.25, 0.3) is 0 Å². The number of anilines is 2. The second-order valence-corrected chi connectivity index (χ2v) is 6.87. The fourth-order valence-corrected chi connectivity index (χ4v) is 3.32. The summed E-state index contributed by atoms with van der Waals surface area (Å²) in [5.74, 6) is -2.49. The molecule has 0 amide bonds. The Morgan fingerprint density at radius 2 is 1.70 bits per heavy atom. The van der Waals surface area contributed by atoms with E-state index in [1.54, 1.807) is 33.0 Å². The summed E-state index contributed by atoms with van der Waals surface area (Å²) in [4.78, 5) is 12.3. The number of carboxylic acids is 1. The van der Waals surface area contributed by atoms with E-state index >= 15 is 0 Å². The molecule has 7 heteroatoms. The van der Waals surface area contributed by atoms with E-state index in [4.69, 9.17) is 9.84 Å². The summed E-state index contributed by atoms with van der Waals surface area (Å²) >= 11 is 0. The summed E-state index contributed by atoms with van der Waals surface area (Å²) in [6.07, 6.45) is 0. The van der Waals surface area contributed by atoms with E-state index in [-0.39, 0.29) is 17.0 Å². The van der Waals surface area contributed by atoms with Gasteiger partial charge in [-0.1, -0.05) is 12.1 Å². The van der Waals surface area contributed by atoms with Gasteiger partial charge in [0.05, 0.1) is 5.69 Å². The van der Waals surface area contributed by atoms with Crippen molar-refractivity contribution in [2.75, 3.05) is 18.6 Å². The predicted octanol–water partition coefficient (Wildman–Crippen LogP) is 5.62. The van der Waals surface area contributed by atoms with Gasteiger partial charge in [0.1, 0.15) is 23.2 Å². The van der Waals surface area contributed by atoms with Crippen molar-refractivity contribution in [1.82, 2.24) is 0 Å². The molecule has 156 valence electrons. The smallest absolute Gasteiger partial charge is 0.341 e. The minimum Gasteiger partial charge on any atom is -0.482 e. The summed E-state index contributed by atoms with van der Waals surface area (Å²) in [5.41, 5.74) is 2.08. The van der Waals surface area contributed by atoms with Crippen LogP contribution in [-0.4, -0.2) is 24.7 Å². The molecule has 4 nitrogen and oxygen atoms in total. The Labute approximate surface area is 172 Å². The maximum Gasteiger partial charge on any atom is 0.341 e. The van der Waals surface area contributed by atoms with Crippen LogP contribution in [0.15, 0.2) is 48.5 Å². The number of hydrogen-bond donors (Lipinski definition) is 1. The number of benzene rings is 3. The zero-order valence-corrected chi connectivity index (χ0v) is 16.7. The molecule has 0 radical (unpaired) electrons. The van der Waals surface area contributed by atoms with Crippen molar-refractivity contribution in [3.63, 3.8) is 0 Å². The number of ether oxygens (including phenoxy) is 1. The average Bonchev–Trinajstić information content (AvgIpc) is 2.69. The van der Waals surface area contributed by atoms with E-state index in [9.17, 15) is 18.0 Å². The van der Waals surface area contributed by atoms with E-state index in [2.05, 4.69) is 0 Å². The zero-order chi connectivity index (χ0) is 22.0. The van der Waals surface area contributed by atoms with Crippen molar-refractivity contribution in [2.45, 2.75) is 13.8 Å². The number of nitrogens with zero attached hydrogens (tertiary/aromatic N) is 1. The lowest BCUT2D eigenvalue weighted by Crippen LogP contribution is -2.16. The van der Waals surface area contributed by atoms with Crippen molar-refractivity contribution < 1.29 is 27.8 Å². The SMILES string of the molecule is Cc1c(F)cc(-c2cccc(F)c2)cc1N(C)c1c(F)ccc(OCC(=O)O)c1C. The standard InChI is InChI=1S/C23H20F3NO3/c1-13-19(26)10-16(15-5-4-6-17(24)9-15)11-20(13)27(3)23-14(2)21(8-7-18(23)25)30-12-22(28)29/h4-11H,12H2,1-3H3,(H,28,29).